The van der Waals surface area contributed by atoms with Crippen LogP contribution in [0.3, 0.4) is 0 Å². The van der Waals surface area contributed by atoms with Gasteiger partial charge in [-0.15, -0.1) is 0 Å². The number of ether oxygens (including phenoxy) is 2. The first-order chi connectivity index (χ1) is 29.4. The van der Waals surface area contributed by atoms with Gasteiger partial charge < -0.3 is 24.8 Å². The minimum absolute atomic E-state index is 0.0561. The van der Waals surface area contributed by atoms with Crippen molar-refractivity contribution in [2.75, 3.05) is 54.0 Å². The monoisotopic (exact) mass is 859 g/mol. The molecule has 6 unspecified atom stereocenters. The van der Waals surface area contributed by atoms with E-state index >= 15 is 0 Å². The number of piperidine rings is 1. The van der Waals surface area contributed by atoms with E-state index in [9.17, 15) is 14.9 Å². The van der Waals surface area contributed by atoms with Crippen LogP contribution in [0, 0.1) is 10.1 Å². The minimum Gasteiger partial charge on any atom is -0.434 e. The first-order valence-electron chi connectivity index (χ1n) is 22.6. The summed E-state index contributed by atoms with van der Waals surface area (Å²) in [6, 6.07) is 32.8. The predicted molar refractivity (Wildman–Crippen MR) is 248 cm³/mol. The van der Waals surface area contributed by atoms with Gasteiger partial charge >= 0.3 is 6.16 Å². The molecule has 0 aliphatic carbocycles. The zero-order valence-corrected chi connectivity index (χ0v) is 38.8. The highest BCUT2D eigenvalue weighted by molar-refractivity contribution is 6.76. The standard InChI is InChI=1S/C14H20N2.C13H18N2.C12H17NO5Si.C8H15N.CH4O/c1-15-13-7-8-14(15)11-16(10-13)9-12-5-3-2-4-6-12;1-2-4-11(5-3-1)8-15-9-12-6-7-13(10-15)14-12;1-19(2,3)9-8-17-12(14)18-11-6-4-10(5-7-11)13(15)16;1-9-7-3-2-4-8(9)6-5-7;1-2/h2-6,13-14H,7-11H2,1H3;1-5,12-14H,6-10H2;4-7H,8-9H2,1-3H3;7-8H,2-6H2,1H3;2H,1H3. The number of hydrogen-bond donors (Lipinski definition) is 2. The molecule has 0 saturated carbocycles. The Morgan fingerprint density at radius 2 is 1.15 bits per heavy atom. The van der Waals surface area contributed by atoms with E-state index in [2.05, 4.69) is 119 Å². The van der Waals surface area contributed by atoms with Crippen LogP contribution >= 0.6 is 0 Å². The Morgan fingerprint density at radius 1 is 0.689 bits per heavy atom. The highest BCUT2D eigenvalue weighted by Crippen LogP contribution is 2.33. The number of aliphatic hydroxyl groups is 1. The fourth-order valence-corrected chi connectivity index (χ4v) is 10.3. The molecule has 13 heteroatoms. The van der Waals surface area contributed by atoms with Gasteiger partial charge in [0.05, 0.1) is 11.5 Å². The van der Waals surface area contributed by atoms with Crippen LogP contribution in [0.4, 0.5) is 10.5 Å². The molecule has 0 aromatic heterocycles. The predicted octanol–water partition coefficient (Wildman–Crippen LogP) is 8.28. The van der Waals surface area contributed by atoms with Crippen molar-refractivity contribution in [2.45, 2.75) is 133 Å². The Labute approximate surface area is 366 Å². The smallest absolute Gasteiger partial charge is 0.434 e. The summed E-state index contributed by atoms with van der Waals surface area (Å²) in [5, 5.41) is 21.1. The molecule has 3 aromatic rings. The average Bonchev–Trinajstić information content (AvgIpc) is 3.73. The highest BCUT2D eigenvalue weighted by atomic mass is 28.3. The van der Waals surface area contributed by atoms with Gasteiger partial charge in [-0.05, 0) is 94.8 Å². The van der Waals surface area contributed by atoms with Crippen molar-refractivity contribution in [2.24, 2.45) is 0 Å². The summed E-state index contributed by atoms with van der Waals surface area (Å²) in [6.45, 7) is 14.1. The number of hydrogen-bond acceptors (Lipinski definition) is 11. The van der Waals surface area contributed by atoms with Crippen molar-refractivity contribution in [3.63, 3.8) is 0 Å². The summed E-state index contributed by atoms with van der Waals surface area (Å²) in [6.07, 6.45) is 12.1. The normalized spacial score (nSPS) is 25.6. The van der Waals surface area contributed by atoms with Crippen molar-refractivity contribution in [1.82, 2.24) is 24.9 Å². The highest BCUT2D eigenvalue weighted by Gasteiger charge is 2.37. The van der Waals surface area contributed by atoms with E-state index in [-0.39, 0.29) is 11.4 Å². The molecule has 336 valence electrons. The van der Waals surface area contributed by atoms with E-state index < -0.39 is 19.2 Å². The lowest BCUT2D eigenvalue weighted by atomic mass is 10.0. The van der Waals surface area contributed by atoms with E-state index in [1.54, 1.807) is 0 Å². The Bertz CT molecular complexity index is 1690. The van der Waals surface area contributed by atoms with E-state index in [4.69, 9.17) is 14.6 Å². The number of carbonyl (C=O) groups is 1. The van der Waals surface area contributed by atoms with Gasteiger partial charge in [0.1, 0.15) is 5.75 Å². The molecule has 2 N–H and O–H groups in total. The van der Waals surface area contributed by atoms with Crippen molar-refractivity contribution in [3.8, 4) is 5.75 Å². The molecule has 6 bridgehead atoms. The second-order valence-corrected chi connectivity index (χ2v) is 24.4. The maximum atomic E-state index is 11.4. The van der Waals surface area contributed by atoms with Crippen LogP contribution in [0.1, 0.15) is 68.9 Å². The van der Waals surface area contributed by atoms with Crippen LogP contribution in [-0.4, -0.2) is 134 Å². The zero-order valence-electron chi connectivity index (χ0n) is 37.8. The molecule has 0 amide bonds. The SMILES string of the molecule is CN1C2CCC1CN(Cc1ccccc1)C2.CN1C2CCCC1CC2.CO.C[Si](C)(C)CCOC(=O)Oc1ccc([N+](=O)[O-])cc1.c1ccc(CN2CC3CCC(C2)N3)cc1. The quantitative estimate of drug-likeness (QED) is 0.0711. The van der Waals surface area contributed by atoms with Gasteiger partial charge in [0.2, 0.25) is 0 Å². The molecule has 12 nitrogen and oxygen atoms in total. The van der Waals surface area contributed by atoms with Crippen LogP contribution < -0.4 is 10.1 Å². The zero-order chi connectivity index (χ0) is 43.8. The van der Waals surface area contributed by atoms with E-state index in [0.717, 1.165) is 62.5 Å². The fourth-order valence-electron chi connectivity index (χ4n) is 9.61. The number of carbonyl (C=O) groups excluding carboxylic acids is 1. The number of nitro benzene ring substituents is 1. The molecule has 61 heavy (non-hydrogen) atoms. The van der Waals surface area contributed by atoms with Gasteiger partial charge in [-0.3, -0.25) is 24.8 Å². The molecule has 9 rings (SSSR count). The third kappa shape index (κ3) is 15.9. The van der Waals surface area contributed by atoms with Gasteiger partial charge in [-0.25, -0.2) is 4.79 Å². The minimum atomic E-state index is -1.24. The molecule has 6 atom stereocenters. The molecule has 6 heterocycles. The molecule has 0 radical (unpaired) electrons. The molecule has 6 saturated heterocycles. The van der Waals surface area contributed by atoms with Crippen molar-refractivity contribution < 1.29 is 24.3 Å². The fraction of sp³-hybridized carbons (Fsp3) is 0.604. The summed E-state index contributed by atoms with van der Waals surface area (Å²) >= 11 is 0. The van der Waals surface area contributed by atoms with Crippen LogP contribution in [0.5, 0.6) is 5.75 Å². The topological polar surface area (TPSA) is 124 Å². The Balaban J connectivity index is 0.000000155. The molecular weight excluding hydrogens is 785 g/mol. The summed E-state index contributed by atoms with van der Waals surface area (Å²) in [7, 11) is 4.34. The molecule has 0 spiro atoms. The first kappa shape index (κ1) is 48.3. The van der Waals surface area contributed by atoms with Crippen LogP contribution in [-0.2, 0) is 17.8 Å². The number of nitrogens with one attached hydrogen (secondary N) is 1. The molecule has 6 fully saturated rings. The van der Waals surface area contributed by atoms with E-state index in [1.165, 1.54) is 119 Å². The van der Waals surface area contributed by atoms with Gasteiger partial charge in [0, 0.05) is 103 Å². The molecule has 6 aliphatic heterocycles. The summed E-state index contributed by atoms with van der Waals surface area (Å²) in [5.41, 5.74) is 2.84. The number of fused-ring (bicyclic) bond motifs is 6. The second-order valence-electron chi connectivity index (χ2n) is 18.8. The second kappa shape index (κ2) is 24.2. The average molecular weight is 859 g/mol. The lowest BCUT2D eigenvalue weighted by Gasteiger charge is -2.38. The van der Waals surface area contributed by atoms with Crippen molar-refractivity contribution in [3.05, 3.63) is 106 Å². The number of non-ortho nitro benzene ring substituents is 1. The van der Waals surface area contributed by atoms with Crippen LogP contribution in [0.2, 0.25) is 25.7 Å². The molecule has 6 aliphatic rings. The maximum Gasteiger partial charge on any atom is 0.513 e. The summed E-state index contributed by atoms with van der Waals surface area (Å²) in [4.78, 5) is 31.7. The number of benzene rings is 3. The molecular formula is C48H74N6O6Si. The lowest BCUT2D eigenvalue weighted by Crippen LogP contribution is -2.51. The van der Waals surface area contributed by atoms with E-state index in [1.807, 2.05) is 0 Å². The Hall–Kier alpha value is -3.69. The van der Waals surface area contributed by atoms with E-state index in [0.29, 0.717) is 6.61 Å². The van der Waals surface area contributed by atoms with Crippen LogP contribution in [0.15, 0.2) is 84.9 Å². The Morgan fingerprint density at radius 3 is 1.61 bits per heavy atom. The number of likely N-dealkylation sites (tertiary alicyclic amines) is 2. The van der Waals surface area contributed by atoms with Crippen molar-refractivity contribution >= 4 is 19.9 Å². The van der Waals surface area contributed by atoms with Crippen LogP contribution in [0.25, 0.3) is 0 Å². The number of aliphatic hydroxyl groups excluding tert-OH is 1. The number of nitro groups is 1. The third-order valence-corrected chi connectivity index (χ3v) is 14.8. The lowest BCUT2D eigenvalue weighted by molar-refractivity contribution is -0.384. The van der Waals surface area contributed by atoms with Gasteiger partial charge in [0.15, 0.2) is 0 Å². The summed E-state index contributed by atoms with van der Waals surface area (Å²) < 4.78 is 9.83. The summed E-state index contributed by atoms with van der Waals surface area (Å²) in [5.74, 6) is 0.226. The van der Waals surface area contributed by atoms with Gasteiger partial charge in [-0.1, -0.05) is 86.7 Å². The number of likely N-dealkylation sites (N-methyl/N-ethyl adjacent to an activating group) is 1. The number of nitrogens with zero attached hydrogens (tertiary/aromatic N) is 5. The number of rotatable bonds is 9. The first-order valence-corrected chi connectivity index (χ1v) is 26.4. The Kier molecular flexibility index (Phi) is 19.2. The molecule has 3 aromatic carbocycles. The third-order valence-electron chi connectivity index (χ3n) is 13.1. The van der Waals surface area contributed by atoms with Gasteiger partial charge in [0.25, 0.3) is 5.69 Å². The van der Waals surface area contributed by atoms with Crippen molar-refractivity contribution in [1.29, 1.82) is 0 Å². The maximum absolute atomic E-state index is 11.4. The number of piperazine rings is 2. The largest absolute Gasteiger partial charge is 0.513 e. The van der Waals surface area contributed by atoms with Gasteiger partial charge in [-0.2, -0.15) is 0 Å².